The van der Waals surface area contributed by atoms with Gasteiger partial charge in [-0.1, -0.05) is 27.7 Å². The van der Waals surface area contributed by atoms with Crippen molar-refractivity contribution >= 4 is 17.6 Å². The van der Waals surface area contributed by atoms with Gasteiger partial charge < -0.3 is 16.0 Å². The largest absolute Gasteiger partial charge is 0.398 e. The molecule has 0 saturated heterocycles. The summed E-state index contributed by atoms with van der Waals surface area (Å²) in [6, 6.07) is 4.35. The molecule has 0 aliphatic heterocycles. The van der Waals surface area contributed by atoms with Gasteiger partial charge in [0.1, 0.15) is 0 Å². The minimum absolute atomic E-state index is 0.221. The number of hydrogen-bond donors (Lipinski definition) is 2. The van der Waals surface area contributed by atoms with E-state index in [9.17, 15) is 0 Å². The Morgan fingerprint density at radius 1 is 1.33 bits per heavy atom. The van der Waals surface area contributed by atoms with Crippen LogP contribution in [0.1, 0.15) is 64.0 Å². The third kappa shape index (κ3) is 3.99. The lowest BCUT2D eigenvalue weighted by Gasteiger charge is -2.33. The maximum atomic E-state index is 7.74. The Bertz CT molecular complexity index is 510. The van der Waals surface area contributed by atoms with Crippen LogP contribution in [0.2, 0.25) is 0 Å². The summed E-state index contributed by atoms with van der Waals surface area (Å²) in [7, 11) is 0. The maximum Gasteiger partial charge on any atom is 0.0479 e. The monoisotopic (exact) mass is 287 g/mol. The third-order valence-corrected chi connectivity index (χ3v) is 3.91. The Balaban J connectivity index is 2.43. The van der Waals surface area contributed by atoms with Crippen molar-refractivity contribution in [2.24, 2.45) is 5.41 Å². The van der Waals surface area contributed by atoms with Crippen molar-refractivity contribution < 1.29 is 0 Å². The molecule has 0 unspecified atom stereocenters. The highest BCUT2D eigenvalue weighted by Gasteiger charge is 2.26. The van der Waals surface area contributed by atoms with Crippen LogP contribution >= 0.6 is 0 Å². The van der Waals surface area contributed by atoms with Crippen LogP contribution in [0.5, 0.6) is 0 Å². The fourth-order valence-electron chi connectivity index (χ4n) is 2.88. The van der Waals surface area contributed by atoms with Gasteiger partial charge in [0.2, 0.25) is 0 Å². The van der Waals surface area contributed by atoms with Gasteiger partial charge in [0, 0.05) is 36.2 Å². The fraction of sp³-hybridized carbons (Fsp3) is 0.611. The SMILES string of the molecule is CCCN(CC(C)(C)C)c1cc(C2CC2)cc(N)c1C=N. The number of nitrogens with two attached hydrogens (primary N) is 1. The normalized spacial score (nSPS) is 15.0. The van der Waals surface area contributed by atoms with E-state index in [2.05, 4.69) is 44.7 Å². The van der Waals surface area contributed by atoms with Crippen molar-refractivity contribution in [2.45, 2.75) is 52.9 Å². The van der Waals surface area contributed by atoms with Crippen molar-refractivity contribution in [3.8, 4) is 0 Å². The topological polar surface area (TPSA) is 53.1 Å². The molecule has 21 heavy (non-hydrogen) atoms. The molecule has 2 rings (SSSR count). The first-order valence-electron chi connectivity index (χ1n) is 8.04. The molecule has 1 aromatic rings. The number of nitrogens with zero attached hydrogens (tertiary/aromatic N) is 1. The number of benzene rings is 1. The molecule has 0 spiro atoms. The quantitative estimate of drug-likeness (QED) is 0.601. The molecule has 0 amide bonds. The molecular formula is C18H29N3. The lowest BCUT2D eigenvalue weighted by atomic mass is 9.94. The van der Waals surface area contributed by atoms with Gasteiger partial charge in [0.05, 0.1) is 0 Å². The van der Waals surface area contributed by atoms with Gasteiger partial charge in [-0.25, -0.2) is 0 Å². The Morgan fingerprint density at radius 3 is 2.48 bits per heavy atom. The van der Waals surface area contributed by atoms with E-state index in [1.54, 1.807) is 0 Å². The van der Waals surface area contributed by atoms with Crippen molar-refractivity contribution in [2.75, 3.05) is 23.7 Å². The number of nitrogen functional groups attached to an aromatic ring is 1. The second-order valence-corrected chi connectivity index (χ2v) is 7.44. The number of anilines is 2. The lowest BCUT2D eigenvalue weighted by molar-refractivity contribution is 0.409. The van der Waals surface area contributed by atoms with Gasteiger partial charge in [0.15, 0.2) is 0 Å². The van der Waals surface area contributed by atoms with Gasteiger partial charge in [-0.3, -0.25) is 0 Å². The first kappa shape index (κ1) is 15.9. The van der Waals surface area contributed by atoms with E-state index >= 15 is 0 Å². The van der Waals surface area contributed by atoms with E-state index in [1.165, 1.54) is 24.6 Å². The molecule has 0 radical (unpaired) electrons. The number of nitrogens with one attached hydrogen (secondary N) is 1. The van der Waals surface area contributed by atoms with Gasteiger partial charge in [0.25, 0.3) is 0 Å². The average molecular weight is 287 g/mol. The molecule has 1 fully saturated rings. The second-order valence-electron chi connectivity index (χ2n) is 7.44. The minimum Gasteiger partial charge on any atom is -0.398 e. The third-order valence-electron chi connectivity index (χ3n) is 3.91. The summed E-state index contributed by atoms with van der Waals surface area (Å²) in [5, 5.41) is 7.74. The highest BCUT2D eigenvalue weighted by molar-refractivity contribution is 5.93. The molecule has 3 N–H and O–H groups in total. The second kappa shape index (κ2) is 6.08. The Kier molecular flexibility index (Phi) is 4.60. The summed E-state index contributed by atoms with van der Waals surface area (Å²) in [5.41, 5.74) is 10.6. The first-order chi connectivity index (χ1) is 9.85. The molecule has 1 saturated carbocycles. The van der Waals surface area contributed by atoms with Crippen LogP contribution in [-0.4, -0.2) is 19.3 Å². The lowest BCUT2D eigenvalue weighted by Crippen LogP contribution is -2.34. The summed E-state index contributed by atoms with van der Waals surface area (Å²) >= 11 is 0. The predicted molar refractivity (Wildman–Crippen MR) is 92.7 cm³/mol. The van der Waals surface area contributed by atoms with Crippen molar-refractivity contribution in [3.63, 3.8) is 0 Å². The number of hydrogen-bond acceptors (Lipinski definition) is 3. The van der Waals surface area contributed by atoms with Crippen molar-refractivity contribution in [1.82, 2.24) is 0 Å². The van der Waals surface area contributed by atoms with Gasteiger partial charge in [-0.15, -0.1) is 0 Å². The van der Waals surface area contributed by atoms with E-state index < -0.39 is 0 Å². The molecule has 1 aliphatic carbocycles. The van der Waals surface area contributed by atoms with Crippen LogP contribution in [0.3, 0.4) is 0 Å². The van der Waals surface area contributed by atoms with Gasteiger partial charge in [-0.05, 0) is 48.3 Å². The zero-order valence-electron chi connectivity index (χ0n) is 13.9. The van der Waals surface area contributed by atoms with E-state index in [-0.39, 0.29) is 5.41 Å². The van der Waals surface area contributed by atoms with Crippen molar-refractivity contribution in [1.29, 1.82) is 5.41 Å². The van der Waals surface area contributed by atoms with E-state index in [0.29, 0.717) is 5.92 Å². The smallest absolute Gasteiger partial charge is 0.0479 e. The predicted octanol–water partition coefficient (Wildman–Crippen LogP) is 4.41. The molecule has 0 aromatic heterocycles. The van der Waals surface area contributed by atoms with Gasteiger partial charge in [-0.2, -0.15) is 0 Å². The zero-order valence-corrected chi connectivity index (χ0v) is 13.9. The van der Waals surface area contributed by atoms with Crippen LogP contribution < -0.4 is 10.6 Å². The summed E-state index contributed by atoms with van der Waals surface area (Å²) in [6.45, 7) is 11.0. The summed E-state index contributed by atoms with van der Waals surface area (Å²) < 4.78 is 0. The van der Waals surface area contributed by atoms with Crippen molar-refractivity contribution in [3.05, 3.63) is 23.3 Å². The molecule has 0 bridgehead atoms. The minimum atomic E-state index is 0.221. The van der Waals surface area contributed by atoms with Crippen LogP contribution in [0.4, 0.5) is 11.4 Å². The zero-order chi connectivity index (χ0) is 15.6. The average Bonchev–Trinajstić information content (AvgIpc) is 3.20. The summed E-state index contributed by atoms with van der Waals surface area (Å²) in [6.07, 6.45) is 5.06. The fourth-order valence-corrected chi connectivity index (χ4v) is 2.88. The highest BCUT2D eigenvalue weighted by Crippen LogP contribution is 2.43. The summed E-state index contributed by atoms with van der Waals surface area (Å²) in [5.74, 6) is 0.684. The molecule has 3 heteroatoms. The number of rotatable bonds is 6. The highest BCUT2D eigenvalue weighted by atomic mass is 15.1. The maximum absolute atomic E-state index is 7.74. The van der Waals surface area contributed by atoms with Crippen LogP contribution in [-0.2, 0) is 0 Å². The Morgan fingerprint density at radius 2 is 2.00 bits per heavy atom. The molecular weight excluding hydrogens is 258 g/mol. The van der Waals surface area contributed by atoms with Gasteiger partial charge >= 0.3 is 0 Å². The summed E-state index contributed by atoms with van der Waals surface area (Å²) in [4.78, 5) is 2.41. The van der Waals surface area contributed by atoms with Crippen LogP contribution in [0.15, 0.2) is 12.1 Å². The molecule has 116 valence electrons. The first-order valence-corrected chi connectivity index (χ1v) is 8.04. The molecule has 3 nitrogen and oxygen atoms in total. The van der Waals surface area contributed by atoms with Crippen LogP contribution in [0.25, 0.3) is 0 Å². The molecule has 1 aliphatic rings. The molecule has 1 aromatic carbocycles. The van der Waals surface area contributed by atoms with E-state index in [1.807, 2.05) is 0 Å². The Labute approximate surface area is 129 Å². The van der Waals surface area contributed by atoms with E-state index in [0.717, 1.165) is 36.4 Å². The van der Waals surface area contributed by atoms with Crippen LogP contribution in [0, 0.1) is 10.8 Å². The standard InChI is InChI=1S/C18H29N3/c1-5-8-21(12-18(2,3)4)17-10-14(13-6-7-13)9-16(20)15(17)11-19/h9-11,13,19H,5-8,12,20H2,1-4H3. The van der Waals surface area contributed by atoms with E-state index in [4.69, 9.17) is 11.1 Å². The molecule has 0 atom stereocenters. The Hall–Kier alpha value is -1.51. The molecule has 0 heterocycles.